The van der Waals surface area contributed by atoms with E-state index in [9.17, 15) is 27.2 Å². The number of hydrogen-bond donors (Lipinski definition) is 1. The molecule has 8 heteroatoms. The summed E-state index contributed by atoms with van der Waals surface area (Å²) in [5, 5.41) is 1.36. The van der Waals surface area contributed by atoms with Gasteiger partial charge in [0.05, 0.1) is 10.5 Å². The molecule has 2 rings (SSSR count). The molecular formula is C11H5F4NO2S. The summed E-state index contributed by atoms with van der Waals surface area (Å²) in [6.07, 6.45) is -3.72. The lowest BCUT2D eigenvalue weighted by molar-refractivity contribution is -0.140. The average Bonchev–Trinajstić information content (AvgIpc) is 2.58. The third-order valence-electron chi connectivity index (χ3n) is 2.24. The maximum Gasteiger partial charge on any atom is 0.419 e. The van der Waals surface area contributed by atoms with Gasteiger partial charge in [-0.3, -0.25) is 14.9 Å². The number of thioether (sulfide) groups is 1. The molecule has 2 amide bonds. The van der Waals surface area contributed by atoms with Crippen molar-refractivity contribution in [2.45, 2.75) is 6.18 Å². The number of rotatable bonds is 1. The Morgan fingerprint density at radius 3 is 2.42 bits per heavy atom. The van der Waals surface area contributed by atoms with Crippen molar-refractivity contribution in [2.24, 2.45) is 0 Å². The van der Waals surface area contributed by atoms with Crippen LogP contribution in [0.3, 0.4) is 0 Å². The van der Waals surface area contributed by atoms with Crippen LogP contribution in [0.1, 0.15) is 11.1 Å². The van der Waals surface area contributed by atoms with E-state index in [0.29, 0.717) is 23.9 Å². The topological polar surface area (TPSA) is 46.2 Å². The predicted molar refractivity (Wildman–Crippen MR) is 60.5 cm³/mol. The van der Waals surface area contributed by atoms with E-state index in [2.05, 4.69) is 0 Å². The van der Waals surface area contributed by atoms with E-state index >= 15 is 0 Å². The highest BCUT2D eigenvalue weighted by molar-refractivity contribution is 8.18. The Balaban J connectivity index is 2.40. The van der Waals surface area contributed by atoms with Crippen LogP contribution in [0.5, 0.6) is 0 Å². The van der Waals surface area contributed by atoms with E-state index in [0.717, 1.165) is 12.1 Å². The second kappa shape index (κ2) is 4.69. The monoisotopic (exact) mass is 291 g/mol. The lowest BCUT2D eigenvalue weighted by atomic mass is 10.1. The Labute approximate surface area is 108 Å². The fourth-order valence-electron chi connectivity index (χ4n) is 1.42. The van der Waals surface area contributed by atoms with Gasteiger partial charge in [0.15, 0.2) is 0 Å². The Morgan fingerprint density at radius 2 is 1.89 bits per heavy atom. The van der Waals surface area contributed by atoms with Crippen LogP contribution in [-0.4, -0.2) is 11.1 Å². The van der Waals surface area contributed by atoms with E-state index in [-0.39, 0.29) is 10.5 Å². The number of hydrogen-bond acceptors (Lipinski definition) is 3. The molecule has 0 radical (unpaired) electrons. The van der Waals surface area contributed by atoms with Gasteiger partial charge in [-0.05, 0) is 35.5 Å². The number of imide groups is 1. The molecular weight excluding hydrogens is 286 g/mol. The number of amides is 2. The van der Waals surface area contributed by atoms with Crippen molar-refractivity contribution in [3.05, 3.63) is 40.0 Å². The quantitative estimate of drug-likeness (QED) is 0.638. The highest BCUT2D eigenvalue weighted by Crippen LogP contribution is 2.33. The van der Waals surface area contributed by atoms with E-state index in [1.54, 1.807) is 0 Å². The SMILES string of the molecule is O=C1NC(=O)/C(=C\c2ccc(F)c(C(F)(F)F)c2)S1. The highest BCUT2D eigenvalue weighted by Gasteiger charge is 2.34. The van der Waals surface area contributed by atoms with Crippen LogP contribution in [0.2, 0.25) is 0 Å². The zero-order valence-electron chi connectivity index (χ0n) is 9.05. The first-order valence-corrected chi connectivity index (χ1v) is 5.70. The molecule has 1 aromatic carbocycles. The normalized spacial score (nSPS) is 18.0. The molecule has 0 spiro atoms. The number of alkyl halides is 3. The van der Waals surface area contributed by atoms with Gasteiger partial charge in [-0.25, -0.2) is 4.39 Å². The maximum atomic E-state index is 13.0. The number of carbonyl (C=O) groups is 2. The predicted octanol–water partition coefficient (Wildman–Crippen LogP) is 3.17. The third-order valence-corrected chi connectivity index (χ3v) is 3.05. The summed E-state index contributed by atoms with van der Waals surface area (Å²) in [6, 6.07) is 2.34. The molecule has 100 valence electrons. The van der Waals surface area contributed by atoms with Gasteiger partial charge in [0.1, 0.15) is 5.82 Å². The minimum Gasteiger partial charge on any atom is -0.282 e. The van der Waals surface area contributed by atoms with Gasteiger partial charge in [-0.15, -0.1) is 0 Å². The zero-order chi connectivity index (χ0) is 14.2. The first-order valence-electron chi connectivity index (χ1n) is 4.89. The minimum atomic E-state index is -4.82. The second-order valence-electron chi connectivity index (χ2n) is 3.59. The molecule has 1 aliphatic heterocycles. The van der Waals surface area contributed by atoms with Crippen molar-refractivity contribution in [3.63, 3.8) is 0 Å². The molecule has 1 aromatic rings. The summed E-state index contributed by atoms with van der Waals surface area (Å²) in [7, 11) is 0. The fraction of sp³-hybridized carbons (Fsp3) is 0.0909. The minimum absolute atomic E-state index is 0.0129. The Bertz CT molecular complexity index is 595. The van der Waals surface area contributed by atoms with Gasteiger partial charge >= 0.3 is 6.18 Å². The number of nitrogens with one attached hydrogen (secondary N) is 1. The van der Waals surface area contributed by atoms with E-state index in [4.69, 9.17) is 0 Å². The van der Waals surface area contributed by atoms with Crippen LogP contribution in [0.15, 0.2) is 23.1 Å². The lowest BCUT2D eigenvalue weighted by Crippen LogP contribution is -2.17. The third kappa shape index (κ3) is 2.95. The van der Waals surface area contributed by atoms with E-state index in [1.807, 2.05) is 5.32 Å². The first kappa shape index (κ1) is 13.6. The Kier molecular flexibility index (Phi) is 3.36. The molecule has 0 aliphatic carbocycles. The number of benzene rings is 1. The lowest BCUT2D eigenvalue weighted by Gasteiger charge is -2.08. The van der Waals surface area contributed by atoms with Crippen molar-refractivity contribution in [1.82, 2.24) is 5.32 Å². The summed E-state index contributed by atoms with van der Waals surface area (Å²) >= 11 is 0.573. The Hall–Kier alpha value is -1.83. The molecule has 1 heterocycles. The standard InChI is InChI=1S/C11H5F4NO2S/c12-7-2-1-5(3-6(7)11(13,14)15)4-8-9(17)16-10(18)19-8/h1-4H,(H,16,17,18)/b8-4+. The van der Waals surface area contributed by atoms with Crippen molar-refractivity contribution in [1.29, 1.82) is 0 Å². The van der Waals surface area contributed by atoms with Gasteiger partial charge in [-0.2, -0.15) is 13.2 Å². The molecule has 1 aliphatic rings. The van der Waals surface area contributed by atoms with Gasteiger partial charge in [0.2, 0.25) is 0 Å². The van der Waals surface area contributed by atoms with Crippen molar-refractivity contribution < 1.29 is 27.2 Å². The maximum absolute atomic E-state index is 13.0. The van der Waals surface area contributed by atoms with Crippen LogP contribution >= 0.6 is 11.8 Å². The first-order chi connectivity index (χ1) is 8.77. The van der Waals surface area contributed by atoms with E-state index in [1.165, 1.54) is 0 Å². The molecule has 3 nitrogen and oxygen atoms in total. The van der Waals surface area contributed by atoms with Crippen LogP contribution in [-0.2, 0) is 11.0 Å². The van der Waals surface area contributed by atoms with Crippen molar-refractivity contribution >= 4 is 29.0 Å². The molecule has 1 N–H and O–H groups in total. The largest absolute Gasteiger partial charge is 0.419 e. The summed E-state index contributed by atoms with van der Waals surface area (Å²) in [6.45, 7) is 0. The fourth-order valence-corrected chi connectivity index (χ4v) is 2.10. The molecule has 0 bridgehead atoms. The van der Waals surface area contributed by atoms with Gasteiger partial charge in [0, 0.05) is 0 Å². The molecule has 0 unspecified atom stereocenters. The molecule has 0 saturated carbocycles. The summed E-state index contributed by atoms with van der Waals surface area (Å²) < 4.78 is 50.5. The van der Waals surface area contributed by atoms with Crippen LogP contribution in [0.25, 0.3) is 6.08 Å². The number of carbonyl (C=O) groups excluding carboxylic acids is 2. The Morgan fingerprint density at radius 1 is 1.21 bits per heavy atom. The molecule has 0 atom stereocenters. The highest BCUT2D eigenvalue weighted by atomic mass is 32.2. The van der Waals surface area contributed by atoms with Crippen LogP contribution < -0.4 is 5.32 Å². The van der Waals surface area contributed by atoms with Crippen molar-refractivity contribution in [2.75, 3.05) is 0 Å². The van der Waals surface area contributed by atoms with Gasteiger partial charge < -0.3 is 0 Å². The second-order valence-corrected chi connectivity index (χ2v) is 4.60. The summed E-state index contributed by atoms with van der Waals surface area (Å²) in [5.74, 6) is -2.08. The molecule has 19 heavy (non-hydrogen) atoms. The molecule has 0 aromatic heterocycles. The zero-order valence-corrected chi connectivity index (χ0v) is 9.86. The average molecular weight is 291 g/mol. The van der Waals surface area contributed by atoms with Crippen LogP contribution in [0, 0.1) is 5.82 Å². The van der Waals surface area contributed by atoms with Crippen LogP contribution in [0.4, 0.5) is 22.4 Å². The smallest absolute Gasteiger partial charge is 0.282 e. The summed E-state index contributed by atoms with van der Waals surface area (Å²) in [5.41, 5.74) is -1.43. The van der Waals surface area contributed by atoms with E-state index < -0.39 is 28.7 Å². The summed E-state index contributed by atoms with van der Waals surface area (Å²) in [4.78, 5) is 22.1. The van der Waals surface area contributed by atoms with Gasteiger partial charge in [0.25, 0.3) is 11.1 Å². The molecule has 1 fully saturated rings. The van der Waals surface area contributed by atoms with Crippen molar-refractivity contribution in [3.8, 4) is 0 Å². The molecule has 1 saturated heterocycles. The van der Waals surface area contributed by atoms with Gasteiger partial charge in [-0.1, -0.05) is 6.07 Å². The number of halogens is 4.